The highest BCUT2D eigenvalue weighted by Gasteiger charge is 2.13. The van der Waals surface area contributed by atoms with Crippen LogP contribution in [0.15, 0.2) is 52.1 Å². The number of hydrogen-bond acceptors (Lipinski definition) is 5. The summed E-state index contributed by atoms with van der Waals surface area (Å²) in [5, 5.41) is 11.0. The molecule has 1 heterocycles. The second kappa shape index (κ2) is 7.67. The van der Waals surface area contributed by atoms with E-state index in [2.05, 4.69) is 15.5 Å². The molecule has 0 atom stereocenters. The SMILES string of the molecule is Cc1ccccc1-c1nnc(SCC(=O)Nc2ccc(F)cc2Cl)o1. The van der Waals surface area contributed by atoms with Gasteiger partial charge < -0.3 is 9.73 Å². The molecule has 1 aromatic heterocycles. The van der Waals surface area contributed by atoms with Gasteiger partial charge in [0, 0.05) is 5.56 Å². The lowest BCUT2D eigenvalue weighted by molar-refractivity contribution is -0.113. The Morgan fingerprint density at radius 2 is 2.08 bits per heavy atom. The number of aryl methyl sites for hydroxylation is 1. The maximum absolute atomic E-state index is 13.0. The van der Waals surface area contributed by atoms with E-state index in [0.717, 1.165) is 29.0 Å². The maximum atomic E-state index is 13.0. The van der Waals surface area contributed by atoms with Crippen molar-refractivity contribution in [3.63, 3.8) is 0 Å². The molecule has 0 saturated carbocycles. The van der Waals surface area contributed by atoms with Crippen molar-refractivity contribution in [2.45, 2.75) is 12.1 Å². The molecule has 0 aliphatic carbocycles. The van der Waals surface area contributed by atoms with E-state index >= 15 is 0 Å². The topological polar surface area (TPSA) is 68.0 Å². The Morgan fingerprint density at radius 1 is 1.28 bits per heavy atom. The van der Waals surface area contributed by atoms with E-state index in [4.69, 9.17) is 16.0 Å². The van der Waals surface area contributed by atoms with E-state index in [0.29, 0.717) is 16.8 Å². The van der Waals surface area contributed by atoms with Gasteiger partial charge in [0.2, 0.25) is 11.8 Å². The number of carbonyl (C=O) groups is 1. The number of nitrogens with zero attached hydrogens (tertiary/aromatic N) is 2. The van der Waals surface area contributed by atoms with E-state index < -0.39 is 5.82 Å². The number of amides is 1. The lowest BCUT2D eigenvalue weighted by Gasteiger charge is -2.06. The molecule has 0 bridgehead atoms. The third-order valence-corrected chi connectivity index (χ3v) is 4.45. The van der Waals surface area contributed by atoms with Gasteiger partial charge in [0.15, 0.2) is 0 Å². The van der Waals surface area contributed by atoms with Gasteiger partial charge in [-0.3, -0.25) is 4.79 Å². The quantitative estimate of drug-likeness (QED) is 0.660. The van der Waals surface area contributed by atoms with Crippen molar-refractivity contribution < 1.29 is 13.6 Å². The zero-order chi connectivity index (χ0) is 17.8. The minimum Gasteiger partial charge on any atom is -0.411 e. The van der Waals surface area contributed by atoms with Crippen LogP contribution in [0.1, 0.15) is 5.56 Å². The molecule has 25 heavy (non-hydrogen) atoms. The molecule has 0 aliphatic heterocycles. The Hall–Kier alpha value is -2.38. The van der Waals surface area contributed by atoms with Crippen LogP contribution in [0.5, 0.6) is 0 Å². The van der Waals surface area contributed by atoms with Gasteiger partial charge in [-0.05, 0) is 36.8 Å². The minimum absolute atomic E-state index is 0.0586. The van der Waals surface area contributed by atoms with Crippen molar-refractivity contribution in [3.05, 3.63) is 58.9 Å². The first-order chi connectivity index (χ1) is 12.0. The standard InChI is InChI=1S/C17H13ClFN3O2S/c1-10-4-2-3-5-12(10)16-21-22-17(24-16)25-9-15(23)20-14-7-6-11(19)8-13(14)18/h2-8H,9H2,1H3,(H,20,23). The molecule has 0 aliphatic rings. The molecule has 1 amide bonds. The van der Waals surface area contributed by atoms with Crippen molar-refractivity contribution in [1.82, 2.24) is 10.2 Å². The second-order valence-electron chi connectivity index (χ2n) is 5.15. The Kier molecular flexibility index (Phi) is 5.35. The summed E-state index contributed by atoms with van der Waals surface area (Å²) in [6.45, 7) is 1.95. The number of halogens is 2. The number of nitrogens with one attached hydrogen (secondary N) is 1. The molecule has 1 N–H and O–H groups in total. The summed E-state index contributed by atoms with van der Waals surface area (Å²) in [5.74, 6) is -0.313. The summed E-state index contributed by atoms with van der Waals surface area (Å²) in [6, 6.07) is 11.4. The average Bonchev–Trinajstić information content (AvgIpc) is 3.05. The first-order valence-electron chi connectivity index (χ1n) is 7.30. The van der Waals surface area contributed by atoms with E-state index in [1.54, 1.807) is 0 Å². The van der Waals surface area contributed by atoms with Crippen LogP contribution < -0.4 is 5.32 Å². The van der Waals surface area contributed by atoms with Crippen molar-refractivity contribution >= 4 is 35.0 Å². The first-order valence-corrected chi connectivity index (χ1v) is 8.66. The van der Waals surface area contributed by atoms with Crippen LogP contribution in [0.4, 0.5) is 10.1 Å². The normalized spacial score (nSPS) is 10.7. The molecule has 5 nitrogen and oxygen atoms in total. The molecule has 8 heteroatoms. The number of thioether (sulfide) groups is 1. The van der Waals surface area contributed by atoms with Crippen LogP contribution in [-0.2, 0) is 4.79 Å². The van der Waals surface area contributed by atoms with Gasteiger partial charge in [-0.1, -0.05) is 41.6 Å². The molecule has 0 spiro atoms. The average molecular weight is 378 g/mol. The van der Waals surface area contributed by atoms with E-state index in [1.165, 1.54) is 12.1 Å². The summed E-state index contributed by atoms with van der Waals surface area (Å²) >= 11 is 6.98. The molecule has 0 radical (unpaired) electrons. The molecule has 3 aromatic rings. The van der Waals surface area contributed by atoms with Gasteiger partial charge in [-0.25, -0.2) is 4.39 Å². The van der Waals surface area contributed by atoms with Gasteiger partial charge in [0.25, 0.3) is 5.22 Å². The first kappa shape index (κ1) is 17.4. The van der Waals surface area contributed by atoms with Crippen molar-refractivity contribution in [2.24, 2.45) is 0 Å². The number of carbonyl (C=O) groups excluding carboxylic acids is 1. The maximum Gasteiger partial charge on any atom is 0.277 e. The van der Waals surface area contributed by atoms with Gasteiger partial charge in [-0.15, -0.1) is 10.2 Å². The fourth-order valence-corrected chi connectivity index (χ4v) is 2.87. The summed E-state index contributed by atoms with van der Waals surface area (Å²) in [5.41, 5.74) is 2.22. The Morgan fingerprint density at radius 3 is 2.84 bits per heavy atom. The number of benzene rings is 2. The van der Waals surface area contributed by atoms with Gasteiger partial charge >= 0.3 is 0 Å². The molecule has 128 valence electrons. The smallest absolute Gasteiger partial charge is 0.277 e. The number of anilines is 1. The highest BCUT2D eigenvalue weighted by molar-refractivity contribution is 7.99. The van der Waals surface area contributed by atoms with E-state index in [9.17, 15) is 9.18 Å². The van der Waals surface area contributed by atoms with Crippen LogP contribution in [0.25, 0.3) is 11.5 Å². The third-order valence-electron chi connectivity index (χ3n) is 3.31. The summed E-state index contributed by atoms with van der Waals surface area (Å²) in [7, 11) is 0. The van der Waals surface area contributed by atoms with Crippen LogP contribution in [0.3, 0.4) is 0 Å². The molecule has 0 saturated heterocycles. The van der Waals surface area contributed by atoms with Crippen molar-refractivity contribution in [3.8, 4) is 11.5 Å². The third kappa shape index (κ3) is 4.37. The zero-order valence-electron chi connectivity index (χ0n) is 13.1. The highest BCUT2D eigenvalue weighted by atomic mass is 35.5. The minimum atomic E-state index is -0.466. The lowest BCUT2D eigenvalue weighted by atomic mass is 10.1. The molecule has 0 unspecified atom stereocenters. The Labute approximate surface area is 152 Å². The van der Waals surface area contributed by atoms with E-state index in [-0.39, 0.29) is 16.7 Å². The van der Waals surface area contributed by atoms with Gasteiger partial charge in [0.05, 0.1) is 16.5 Å². The summed E-state index contributed by atoms with van der Waals surface area (Å²) in [6.07, 6.45) is 0. The predicted octanol–water partition coefficient (Wildman–Crippen LogP) is 4.57. The molecule has 0 fully saturated rings. The number of rotatable bonds is 5. The van der Waals surface area contributed by atoms with E-state index in [1.807, 2.05) is 31.2 Å². The monoisotopic (exact) mass is 377 g/mol. The van der Waals surface area contributed by atoms with Crippen LogP contribution in [-0.4, -0.2) is 21.9 Å². The van der Waals surface area contributed by atoms with Crippen LogP contribution >= 0.6 is 23.4 Å². The summed E-state index contributed by atoms with van der Waals surface area (Å²) in [4.78, 5) is 12.0. The molecule has 2 aromatic carbocycles. The molecule has 3 rings (SSSR count). The molecular weight excluding hydrogens is 365 g/mol. The number of hydrogen-bond donors (Lipinski definition) is 1. The summed E-state index contributed by atoms with van der Waals surface area (Å²) < 4.78 is 18.6. The van der Waals surface area contributed by atoms with Gasteiger partial charge in [-0.2, -0.15) is 0 Å². The van der Waals surface area contributed by atoms with Crippen molar-refractivity contribution in [1.29, 1.82) is 0 Å². The second-order valence-corrected chi connectivity index (χ2v) is 6.48. The van der Waals surface area contributed by atoms with Crippen molar-refractivity contribution in [2.75, 3.05) is 11.1 Å². The largest absolute Gasteiger partial charge is 0.411 e. The lowest BCUT2D eigenvalue weighted by Crippen LogP contribution is -2.14. The molecular formula is C17H13ClFN3O2S. The number of aromatic nitrogens is 2. The zero-order valence-corrected chi connectivity index (χ0v) is 14.7. The van der Waals surface area contributed by atoms with Gasteiger partial charge in [0.1, 0.15) is 5.82 Å². The van der Waals surface area contributed by atoms with Crippen LogP contribution in [0, 0.1) is 12.7 Å². The fraction of sp³-hybridized carbons (Fsp3) is 0.118. The Bertz CT molecular complexity index is 916. The highest BCUT2D eigenvalue weighted by Crippen LogP contribution is 2.26. The fourth-order valence-electron chi connectivity index (χ4n) is 2.09. The predicted molar refractivity (Wildman–Crippen MR) is 95.2 cm³/mol. The Balaban J connectivity index is 1.60. The van der Waals surface area contributed by atoms with Crippen LogP contribution in [0.2, 0.25) is 5.02 Å².